The van der Waals surface area contributed by atoms with E-state index in [0.717, 1.165) is 13.1 Å². The zero-order chi connectivity index (χ0) is 16.1. The van der Waals surface area contributed by atoms with Crippen LogP contribution in [0, 0.1) is 0 Å². The van der Waals surface area contributed by atoms with Crippen molar-refractivity contribution >= 4 is 28.1 Å². The molecular formula is C16H20N4O2S. The molecule has 7 heteroatoms. The van der Waals surface area contributed by atoms with Gasteiger partial charge >= 0.3 is 0 Å². The first kappa shape index (κ1) is 15.7. The van der Waals surface area contributed by atoms with Gasteiger partial charge in [0.2, 0.25) is 5.13 Å². The van der Waals surface area contributed by atoms with Crippen molar-refractivity contribution in [2.45, 2.75) is 25.7 Å². The number of ether oxygens (including phenoxy) is 1. The summed E-state index contributed by atoms with van der Waals surface area (Å²) < 4.78 is 4.96. The highest BCUT2D eigenvalue weighted by Gasteiger charge is 2.13. The van der Waals surface area contributed by atoms with Gasteiger partial charge in [0.25, 0.3) is 11.1 Å². The molecule has 23 heavy (non-hydrogen) atoms. The van der Waals surface area contributed by atoms with Crippen LogP contribution in [0.5, 0.6) is 5.19 Å². The molecule has 6 nitrogen and oxygen atoms in total. The molecule has 0 spiro atoms. The van der Waals surface area contributed by atoms with Crippen LogP contribution >= 0.6 is 11.3 Å². The molecule has 1 saturated heterocycles. The smallest absolute Gasteiger partial charge is 0.295 e. The number of nitrogens with one attached hydrogen (secondary N) is 1. The minimum absolute atomic E-state index is 0.189. The Hall–Kier alpha value is -2.15. The molecule has 3 rings (SSSR count). The molecule has 0 unspecified atom stereocenters. The maximum absolute atomic E-state index is 12.2. The number of benzene rings is 1. The SMILES string of the molecule is COc1nnc(NC(=O)c2ccc(N3CCCCCC3)cc2)s1. The van der Waals surface area contributed by atoms with Crippen LogP contribution in [0.2, 0.25) is 0 Å². The lowest BCUT2D eigenvalue weighted by atomic mass is 10.2. The normalized spacial score (nSPS) is 15.1. The van der Waals surface area contributed by atoms with Gasteiger partial charge in [-0.15, -0.1) is 5.10 Å². The summed E-state index contributed by atoms with van der Waals surface area (Å²) in [6.07, 6.45) is 5.09. The number of carbonyl (C=O) groups is 1. The zero-order valence-corrected chi connectivity index (χ0v) is 13.9. The molecule has 2 heterocycles. The van der Waals surface area contributed by atoms with Gasteiger partial charge < -0.3 is 9.64 Å². The summed E-state index contributed by atoms with van der Waals surface area (Å²) in [4.78, 5) is 14.6. The summed E-state index contributed by atoms with van der Waals surface area (Å²) in [7, 11) is 1.52. The van der Waals surface area contributed by atoms with Crippen LogP contribution in [-0.2, 0) is 0 Å². The maximum Gasteiger partial charge on any atom is 0.295 e. The van der Waals surface area contributed by atoms with Crippen molar-refractivity contribution in [3.8, 4) is 5.19 Å². The highest BCUT2D eigenvalue weighted by Crippen LogP contribution is 2.23. The molecule has 0 aliphatic carbocycles. The molecule has 1 aliphatic heterocycles. The van der Waals surface area contributed by atoms with E-state index in [0.29, 0.717) is 15.9 Å². The van der Waals surface area contributed by atoms with Crippen molar-refractivity contribution in [1.29, 1.82) is 0 Å². The lowest BCUT2D eigenvalue weighted by Gasteiger charge is -2.22. The number of nitrogens with zero attached hydrogens (tertiary/aromatic N) is 3. The molecule has 1 fully saturated rings. The first-order valence-electron chi connectivity index (χ1n) is 7.80. The van der Waals surface area contributed by atoms with Gasteiger partial charge in [0, 0.05) is 24.3 Å². The topological polar surface area (TPSA) is 67.4 Å². The fourth-order valence-corrected chi connectivity index (χ4v) is 3.22. The quantitative estimate of drug-likeness (QED) is 0.931. The molecular weight excluding hydrogens is 312 g/mol. The lowest BCUT2D eigenvalue weighted by Crippen LogP contribution is -2.23. The number of hydrogen-bond acceptors (Lipinski definition) is 6. The van der Waals surface area contributed by atoms with E-state index in [4.69, 9.17) is 4.74 Å². The second-order valence-electron chi connectivity index (χ2n) is 5.48. The first-order chi connectivity index (χ1) is 11.3. The number of amides is 1. The Morgan fingerprint density at radius 2 is 1.83 bits per heavy atom. The van der Waals surface area contributed by atoms with Crippen molar-refractivity contribution in [3.63, 3.8) is 0 Å². The Bertz CT molecular complexity index is 648. The average molecular weight is 332 g/mol. The highest BCUT2D eigenvalue weighted by atomic mass is 32.1. The minimum atomic E-state index is -0.189. The molecule has 0 bridgehead atoms. The number of hydrogen-bond donors (Lipinski definition) is 1. The fourth-order valence-electron chi connectivity index (χ4n) is 2.66. The predicted octanol–water partition coefficient (Wildman–Crippen LogP) is 3.18. The Morgan fingerprint density at radius 1 is 1.13 bits per heavy atom. The largest absolute Gasteiger partial charge is 0.472 e. The summed E-state index contributed by atoms with van der Waals surface area (Å²) in [6, 6.07) is 7.74. The molecule has 2 aromatic rings. The van der Waals surface area contributed by atoms with Crippen molar-refractivity contribution in [3.05, 3.63) is 29.8 Å². The van der Waals surface area contributed by atoms with Crippen molar-refractivity contribution in [2.75, 3.05) is 30.4 Å². The van der Waals surface area contributed by atoms with Gasteiger partial charge in [-0.05, 0) is 48.4 Å². The van der Waals surface area contributed by atoms with E-state index >= 15 is 0 Å². The average Bonchev–Trinajstić information content (AvgIpc) is 2.86. The van der Waals surface area contributed by atoms with Crippen molar-refractivity contribution in [2.24, 2.45) is 0 Å². The van der Waals surface area contributed by atoms with E-state index < -0.39 is 0 Å². The van der Waals surface area contributed by atoms with Gasteiger partial charge in [0.1, 0.15) is 0 Å². The molecule has 122 valence electrons. The van der Waals surface area contributed by atoms with Crippen molar-refractivity contribution < 1.29 is 9.53 Å². The van der Waals surface area contributed by atoms with Crippen LogP contribution in [0.1, 0.15) is 36.0 Å². The Kier molecular flexibility index (Phi) is 5.07. The van der Waals surface area contributed by atoms with Gasteiger partial charge in [-0.2, -0.15) is 0 Å². The third-order valence-electron chi connectivity index (χ3n) is 3.90. The molecule has 1 N–H and O–H groups in total. The maximum atomic E-state index is 12.2. The van der Waals surface area contributed by atoms with Gasteiger partial charge in [0.15, 0.2) is 0 Å². The number of aromatic nitrogens is 2. The van der Waals surface area contributed by atoms with E-state index in [1.807, 2.05) is 24.3 Å². The van der Waals surface area contributed by atoms with Crippen LogP contribution in [-0.4, -0.2) is 36.3 Å². The van der Waals surface area contributed by atoms with E-state index in [9.17, 15) is 4.79 Å². The fraction of sp³-hybridized carbons (Fsp3) is 0.438. The Morgan fingerprint density at radius 3 is 2.43 bits per heavy atom. The molecule has 1 aliphatic rings. The third-order valence-corrected chi connectivity index (χ3v) is 4.70. The molecule has 0 saturated carbocycles. The standard InChI is InChI=1S/C16H20N4O2S/c1-22-16-19-18-15(23-16)17-14(21)12-6-8-13(9-7-12)20-10-4-2-3-5-11-20/h6-9H,2-5,10-11H2,1H3,(H,17,18,21). The summed E-state index contributed by atoms with van der Waals surface area (Å²) in [5.41, 5.74) is 1.79. The lowest BCUT2D eigenvalue weighted by molar-refractivity contribution is 0.102. The second kappa shape index (κ2) is 7.41. The monoisotopic (exact) mass is 332 g/mol. The molecule has 1 aromatic heterocycles. The Balaban J connectivity index is 1.64. The molecule has 0 radical (unpaired) electrons. The van der Waals surface area contributed by atoms with Crippen molar-refractivity contribution in [1.82, 2.24) is 10.2 Å². The summed E-state index contributed by atoms with van der Waals surface area (Å²) >= 11 is 1.20. The third kappa shape index (κ3) is 3.98. The first-order valence-corrected chi connectivity index (χ1v) is 8.62. The number of carbonyl (C=O) groups excluding carboxylic acids is 1. The predicted molar refractivity (Wildman–Crippen MR) is 91.5 cm³/mol. The van der Waals surface area contributed by atoms with E-state index in [2.05, 4.69) is 20.4 Å². The summed E-state index contributed by atoms with van der Waals surface area (Å²) in [5, 5.41) is 11.2. The van der Waals surface area contributed by atoms with E-state index in [1.54, 1.807) is 0 Å². The van der Waals surface area contributed by atoms with Crippen LogP contribution in [0.3, 0.4) is 0 Å². The second-order valence-corrected chi connectivity index (χ2v) is 6.42. The van der Waals surface area contributed by atoms with Gasteiger partial charge in [-0.25, -0.2) is 0 Å². The summed E-state index contributed by atoms with van der Waals surface area (Å²) in [5.74, 6) is -0.189. The highest BCUT2D eigenvalue weighted by molar-refractivity contribution is 7.17. The summed E-state index contributed by atoms with van der Waals surface area (Å²) in [6.45, 7) is 2.19. The molecule has 1 amide bonds. The Labute approximate surface area is 139 Å². The zero-order valence-electron chi connectivity index (χ0n) is 13.1. The van der Waals surface area contributed by atoms with Crippen LogP contribution in [0.4, 0.5) is 10.8 Å². The van der Waals surface area contributed by atoms with E-state index in [1.165, 1.54) is 49.8 Å². The number of anilines is 2. The van der Waals surface area contributed by atoms with Gasteiger partial charge in [-0.1, -0.05) is 17.9 Å². The number of methoxy groups -OCH3 is 1. The molecule has 0 atom stereocenters. The van der Waals surface area contributed by atoms with Crippen LogP contribution in [0.25, 0.3) is 0 Å². The minimum Gasteiger partial charge on any atom is -0.472 e. The number of rotatable bonds is 4. The van der Waals surface area contributed by atoms with Gasteiger partial charge in [0.05, 0.1) is 7.11 Å². The van der Waals surface area contributed by atoms with Gasteiger partial charge in [-0.3, -0.25) is 10.1 Å². The van der Waals surface area contributed by atoms with Crippen LogP contribution < -0.4 is 15.0 Å². The van der Waals surface area contributed by atoms with Crippen LogP contribution in [0.15, 0.2) is 24.3 Å². The van der Waals surface area contributed by atoms with E-state index in [-0.39, 0.29) is 5.91 Å². The molecule has 1 aromatic carbocycles.